The van der Waals surface area contributed by atoms with Crippen LogP contribution in [0.1, 0.15) is 31.4 Å². The highest BCUT2D eigenvalue weighted by atomic mass is 32.1. The van der Waals surface area contributed by atoms with Crippen molar-refractivity contribution >= 4 is 28.9 Å². The SMILES string of the molecule is Cc1ccc(-n2ncc(NC(=O)c3cc(C(F)(F)F)cs3)c2C(=O)O)cn1. The molecular formula is C16H11F3N4O3S. The van der Waals surface area contributed by atoms with Gasteiger partial charge in [0.05, 0.1) is 34.2 Å². The zero-order chi connectivity index (χ0) is 19.8. The first-order chi connectivity index (χ1) is 12.7. The highest BCUT2D eigenvalue weighted by Crippen LogP contribution is 2.33. The van der Waals surface area contributed by atoms with Gasteiger partial charge in [0.2, 0.25) is 0 Å². The largest absolute Gasteiger partial charge is 0.476 e. The lowest BCUT2D eigenvalue weighted by Crippen LogP contribution is -2.15. The van der Waals surface area contributed by atoms with E-state index in [2.05, 4.69) is 15.4 Å². The fourth-order valence-electron chi connectivity index (χ4n) is 2.21. The van der Waals surface area contributed by atoms with Gasteiger partial charge in [-0.05, 0) is 25.1 Å². The van der Waals surface area contributed by atoms with Crippen molar-refractivity contribution in [2.75, 3.05) is 5.32 Å². The van der Waals surface area contributed by atoms with Crippen LogP contribution in [0.5, 0.6) is 0 Å². The number of hydrogen-bond acceptors (Lipinski definition) is 5. The van der Waals surface area contributed by atoms with Crippen molar-refractivity contribution in [2.45, 2.75) is 13.1 Å². The number of hydrogen-bond donors (Lipinski definition) is 2. The summed E-state index contributed by atoms with van der Waals surface area (Å²) >= 11 is 0.606. The van der Waals surface area contributed by atoms with Gasteiger partial charge in [0, 0.05) is 11.1 Å². The monoisotopic (exact) mass is 396 g/mol. The fourth-order valence-corrected chi connectivity index (χ4v) is 3.02. The summed E-state index contributed by atoms with van der Waals surface area (Å²) in [7, 11) is 0. The summed E-state index contributed by atoms with van der Waals surface area (Å²) in [5.74, 6) is -2.23. The van der Waals surface area contributed by atoms with E-state index in [0.717, 1.165) is 22.0 Å². The third-order valence-corrected chi connectivity index (χ3v) is 4.44. The molecule has 0 aliphatic carbocycles. The standard InChI is InChI=1S/C16H11F3N4O3S/c1-8-2-3-10(5-20-8)23-13(15(25)26)11(6-21-23)22-14(24)12-4-9(7-27-12)16(17,18)19/h2-7H,1H3,(H,22,24)(H,25,26). The molecule has 0 fully saturated rings. The van der Waals surface area contributed by atoms with Gasteiger partial charge in [-0.1, -0.05) is 0 Å². The first-order valence-electron chi connectivity index (χ1n) is 7.38. The predicted molar refractivity (Wildman–Crippen MR) is 90.3 cm³/mol. The molecule has 0 aliphatic rings. The molecule has 0 saturated carbocycles. The molecule has 0 atom stereocenters. The number of pyridine rings is 1. The summed E-state index contributed by atoms with van der Waals surface area (Å²) < 4.78 is 39.0. The van der Waals surface area contributed by atoms with Crippen molar-refractivity contribution in [1.82, 2.24) is 14.8 Å². The molecule has 11 heteroatoms. The number of rotatable bonds is 4. The number of amides is 1. The third kappa shape index (κ3) is 3.82. The second-order valence-corrected chi connectivity index (χ2v) is 6.34. The number of aromatic nitrogens is 3. The topological polar surface area (TPSA) is 97.1 Å². The number of carboxylic acids is 1. The molecule has 0 aliphatic heterocycles. The molecule has 0 bridgehead atoms. The normalized spacial score (nSPS) is 11.4. The van der Waals surface area contributed by atoms with Crippen LogP contribution in [0.2, 0.25) is 0 Å². The summed E-state index contributed by atoms with van der Waals surface area (Å²) in [4.78, 5) is 27.7. The molecule has 1 amide bonds. The van der Waals surface area contributed by atoms with Crippen molar-refractivity contribution in [2.24, 2.45) is 0 Å². The van der Waals surface area contributed by atoms with Crippen LogP contribution in [0.25, 0.3) is 5.69 Å². The van der Waals surface area contributed by atoms with Crippen LogP contribution >= 0.6 is 11.3 Å². The maximum atomic E-state index is 12.7. The number of anilines is 1. The Labute approximate surface area is 154 Å². The predicted octanol–water partition coefficient (Wildman–Crippen LogP) is 3.61. The number of nitrogens with zero attached hydrogens (tertiary/aromatic N) is 3. The van der Waals surface area contributed by atoms with E-state index in [1.54, 1.807) is 19.1 Å². The summed E-state index contributed by atoms with van der Waals surface area (Å²) in [6.07, 6.45) is -2.04. The number of carboxylic acid groups (broad SMARTS) is 1. The van der Waals surface area contributed by atoms with Crippen molar-refractivity contribution < 1.29 is 27.9 Å². The van der Waals surface area contributed by atoms with Crippen LogP contribution in [0.15, 0.2) is 36.0 Å². The van der Waals surface area contributed by atoms with Crippen LogP contribution in [-0.2, 0) is 6.18 Å². The molecule has 0 saturated heterocycles. The van der Waals surface area contributed by atoms with E-state index in [4.69, 9.17) is 0 Å². The van der Waals surface area contributed by atoms with Gasteiger partial charge in [0.25, 0.3) is 5.91 Å². The highest BCUT2D eigenvalue weighted by molar-refractivity contribution is 7.12. The first-order valence-corrected chi connectivity index (χ1v) is 8.26. The van der Waals surface area contributed by atoms with Crippen LogP contribution in [-0.4, -0.2) is 31.7 Å². The quantitative estimate of drug-likeness (QED) is 0.702. The minimum absolute atomic E-state index is 0.143. The van der Waals surface area contributed by atoms with E-state index in [0.29, 0.717) is 23.1 Å². The summed E-state index contributed by atoms with van der Waals surface area (Å²) in [5, 5.41) is 16.5. The average molecular weight is 396 g/mol. The smallest absolute Gasteiger partial charge is 0.417 e. The van der Waals surface area contributed by atoms with Gasteiger partial charge >= 0.3 is 12.1 Å². The molecule has 0 radical (unpaired) electrons. The van der Waals surface area contributed by atoms with E-state index in [-0.39, 0.29) is 16.3 Å². The number of nitrogens with one attached hydrogen (secondary N) is 1. The lowest BCUT2D eigenvalue weighted by Gasteiger charge is -2.07. The molecule has 3 heterocycles. The number of carbonyl (C=O) groups is 2. The van der Waals surface area contributed by atoms with Crippen molar-refractivity contribution in [3.63, 3.8) is 0 Å². The Morgan fingerprint density at radius 1 is 1.26 bits per heavy atom. The van der Waals surface area contributed by atoms with Crippen molar-refractivity contribution in [3.8, 4) is 5.69 Å². The number of aryl methyl sites for hydroxylation is 1. The number of alkyl halides is 3. The summed E-state index contributed by atoms with van der Waals surface area (Å²) in [6, 6.07) is 3.96. The van der Waals surface area contributed by atoms with Gasteiger partial charge in [-0.3, -0.25) is 9.78 Å². The van der Waals surface area contributed by atoms with Crippen molar-refractivity contribution in [3.05, 3.63) is 57.8 Å². The molecule has 3 aromatic rings. The second-order valence-electron chi connectivity index (χ2n) is 5.43. The minimum Gasteiger partial charge on any atom is -0.476 e. The van der Waals surface area contributed by atoms with Crippen LogP contribution in [0.3, 0.4) is 0 Å². The molecular weight excluding hydrogens is 385 g/mol. The first kappa shape index (κ1) is 18.6. The number of thiophene rings is 1. The lowest BCUT2D eigenvalue weighted by molar-refractivity contribution is -0.137. The zero-order valence-corrected chi connectivity index (χ0v) is 14.4. The Kier molecular flexibility index (Phi) is 4.70. The third-order valence-electron chi connectivity index (χ3n) is 3.51. The Bertz CT molecular complexity index is 1010. The van der Waals surface area contributed by atoms with Gasteiger partial charge in [-0.2, -0.15) is 18.3 Å². The van der Waals surface area contributed by atoms with Crippen LogP contribution in [0, 0.1) is 6.92 Å². The molecule has 3 rings (SSSR count). The van der Waals surface area contributed by atoms with Gasteiger partial charge in [0.15, 0.2) is 5.69 Å². The lowest BCUT2D eigenvalue weighted by atomic mass is 10.3. The Morgan fingerprint density at radius 3 is 2.56 bits per heavy atom. The summed E-state index contributed by atoms with van der Waals surface area (Å²) in [5.41, 5.74) is -0.363. The van der Waals surface area contributed by atoms with E-state index >= 15 is 0 Å². The van der Waals surface area contributed by atoms with Gasteiger partial charge < -0.3 is 10.4 Å². The van der Waals surface area contributed by atoms with Gasteiger partial charge in [0.1, 0.15) is 0 Å². The Hall–Kier alpha value is -3.21. The van der Waals surface area contributed by atoms with Crippen LogP contribution in [0.4, 0.5) is 18.9 Å². The van der Waals surface area contributed by atoms with E-state index in [9.17, 15) is 27.9 Å². The maximum absolute atomic E-state index is 12.7. The molecule has 3 aromatic heterocycles. The van der Waals surface area contributed by atoms with E-state index in [1.165, 1.54) is 6.20 Å². The molecule has 140 valence electrons. The Morgan fingerprint density at radius 2 is 2.00 bits per heavy atom. The second kappa shape index (κ2) is 6.83. The highest BCUT2D eigenvalue weighted by Gasteiger charge is 2.32. The van der Waals surface area contributed by atoms with Crippen molar-refractivity contribution in [1.29, 1.82) is 0 Å². The fraction of sp³-hybridized carbons (Fsp3) is 0.125. The number of halogens is 3. The summed E-state index contributed by atoms with van der Waals surface area (Å²) in [6.45, 7) is 1.76. The average Bonchev–Trinajstić information content (AvgIpc) is 3.22. The van der Waals surface area contributed by atoms with Gasteiger partial charge in [-0.15, -0.1) is 11.3 Å². The molecule has 0 aromatic carbocycles. The van der Waals surface area contributed by atoms with Gasteiger partial charge in [-0.25, -0.2) is 9.48 Å². The molecule has 0 spiro atoms. The number of aromatic carboxylic acids is 1. The van der Waals surface area contributed by atoms with E-state index in [1.807, 2.05) is 0 Å². The molecule has 2 N–H and O–H groups in total. The van der Waals surface area contributed by atoms with Crippen LogP contribution < -0.4 is 5.32 Å². The number of carbonyl (C=O) groups excluding carboxylic acids is 1. The molecule has 0 unspecified atom stereocenters. The zero-order valence-electron chi connectivity index (χ0n) is 13.6. The molecule has 7 nitrogen and oxygen atoms in total. The minimum atomic E-state index is -4.56. The Balaban J connectivity index is 1.91. The molecule has 27 heavy (non-hydrogen) atoms. The van der Waals surface area contributed by atoms with E-state index < -0.39 is 23.6 Å². The maximum Gasteiger partial charge on any atom is 0.417 e.